The molecule has 2 unspecified atom stereocenters. The topological polar surface area (TPSA) is 121 Å². The van der Waals surface area contributed by atoms with Crippen LogP contribution in [0.25, 0.3) is 0 Å². The predicted octanol–water partition coefficient (Wildman–Crippen LogP) is 2.23. The van der Waals surface area contributed by atoms with Crippen molar-refractivity contribution in [2.75, 3.05) is 0 Å². The van der Waals surface area contributed by atoms with Gasteiger partial charge < -0.3 is 20.1 Å². The van der Waals surface area contributed by atoms with Crippen LogP contribution in [0.15, 0.2) is 48.5 Å². The highest BCUT2D eigenvalue weighted by Gasteiger charge is 2.63. The van der Waals surface area contributed by atoms with Crippen molar-refractivity contribution >= 4 is 29.3 Å². The van der Waals surface area contributed by atoms with Crippen molar-refractivity contribution in [3.63, 3.8) is 0 Å². The van der Waals surface area contributed by atoms with Crippen LogP contribution in [0.5, 0.6) is 0 Å². The van der Waals surface area contributed by atoms with E-state index in [-0.39, 0.29) is 11.1 Å². The minimum atomic E-state index is -2.40. The lowest BCUT2D eigenvalue weighted by molar-refractivity contribution is -0.179. The van der Waals surface area contributed by atoms with Gasteiger partial charge in [-0.25, -0.2) is 0 Å². The highest BCUT2D eigenvalue weighted by atomic mass is 32.2. The molecular weight excluding hydrogens is 420 g/mol. The van der Waals surface area contributed by atoms with Crippen LogP contribution in [0.1, 0.15) is 46.5 Å². The third-order valence-electron chi connectivity index (χ3n) is 5.16. The number of ether oxygens (including phenoxy) is 1. The molecule has 0 bridgehead atoms. The van der Waals surface area contributed by atoms with Crippen molar-refractivity contribution in [1.29, 1.82) is 0 Å². The summed E-state index contributed by atoms with van der Waals surface area (Å²) in [5, 5.41) is 28.8. The van der Waals surface area contributed by atoms with Gasteiger partial charge in [-0.2, -0.15) is 0 Å². The van der Waals surface area contributed by atoms with Crippen LogP contribution < -0.4 is 0 Å². The van der Waals surface area contributed by atoms with Crippen LogP contribution in [0.2, 0.25) is 0 Å². The number of hydrogen-bond acceptors (Lipinski definition) is 8. The molecular formula is C23H24O7S. The fourth-order valence-corrected chi connectivity index (χ4v) is 5.01. The Morgan fingerprint density at radius 2 is 1.52 bits per heavy atom. The Morgan fingerprint density at radius 1 is 1.00 bits per heavy atom. The first-order valence-electron chi connectivity index (χ1n) is 9.67. The zero-order chi connectivity index (χ0) is 23.0. The third-order valence-corrected chi connectivity index (χ3v) is 6.61. The molecule has 1 aliphatic rings. The smallest absolute Gasteiger partial charge is 0.305 e. The molecule has 0 amide bonds. The lowest BCUT2D eigenvalue weighted by Gasteiger charge is -2.27. The van der Waals surface area contributed by atoms with Crippen LogP contribution in [-0.4, -0.2) is 48.8 Å². The van der Waals surface area contributed by atoms with E-state index in [0.717, 1.165) is 18.1 Å². The first-order chi connectivity index (χ1) is 14.4. The van der Waals surface area contributed by atoms with Crippen LogP contribution in [0.4, 0.5) is 0 Å². The number of benzene rings is 2. The molecule has 1 saturated heterocycles. The fraction of sp³-hybridized carbons (Fsp3) is 0.348. The summed E-state index contributed by atoms with van der Waals surface area (Å²) in [7, 11) is 0. The minimum Gasteiger partial charge on any atom is -0.423 e. The largest absolute Gasteiger partial charge is 0.423 e. The van der Waals surface area contributed by atoms with Crippen LogP contribution in [0.3, 0.4) is 0 Å². The molecule has 7 nitrogen and oxygen atoms in total. The van der Waals surface area contributed by atoms with E-state index < -0.39 is 46.0 Å². The number of carbonyl (C=O) groups excluding carboxylic acids is 3. The van der Waals surface area contributed by atoms with Gasteiger partial charge in [0.15, 0.2) is 17.2 Å². The summed E-state index contributed by atoms with van der Waals surface area (Å²) in [6, 6.07) is 12.9. The average Bonchev–Trinajstić information content (AvgIpc) is 2.98. The van der Waals surface area contributed by atoms with Gasteiger partial charge in [-0.05, 0) is 19.4 Å². The number of thioether (sulfide) groups is 1. The van der Waals surface area contributed by atoms with Crippen LogP contribution in [-0.2, 0) is 14.3 Å². The van der Waals surface area contributed by atoms with Crippen molar-refractivity contribution in [3.05, 3.63) is 70.8 Å². The molecule has 164 valence electrons. The minimum absolute atomic E-state index is 0.128. The first-order valence-corrected chi connectivity index (χ1v) is 10.6. The van der Waals surface area contributed by atoms with Crippen molar-refractivity contribution in [2.45, 2.75) is 49.3 Å². The summed E-state index contributed by atoms with van der Waals surface area (Å²) in [6.45, 7) is 4.75. The Labute approximate surface area is 184 Å². The van der Waals surface area contributed by atoms with Gasteiger partial charge in [0.05, 0.1) is 6.42 Å². The molecule has 8 heteroatoms. The van der Waals surface area contributed by atoms with Gasteiger partial charge in [-0.15, -0.1) is 0 Å². The van der Waals surface area contributed by atoms with E-state index >= 15 is 0 Å². The number of aryl methyl sites for hydroxylation is 2. The summed E-state index contributed by atoms with van der Waals surface area (Å²) in [4.78, 5) is 37.9. The maximum Gasteiger partial charge on any atom is 0.305 e. The monoisotopic (exact) mass is 444 g/mol. The van der Waals surface area contributed by atoms with Gasteiger partial charge in [-0.1, -0.05) is 71.4 Å². The molecule has 0 radical (unpaired) electrons. The number of hydrogen-bond donors (Lipinski definition) is 3. The van der Waals surface area contributed by atoms with Gasteiger partial charge >= 0.3 is 5.97 Å². The van der Waals surface area contributed by atoms with Crippen molar-refractivity contribution < 1.29 is 34.4 Å². The van der Waals surface area contributed by atoms with Crippen molar-refractivity contribution in [3.8, 4) is 0 Å². The molecule has 1 fully saturated rings. The Hall–Kier alpha value is -2.52. The molecule has 1 heterocycles. The van der Waals surface area contributed by atoms with Gasteiger partial charge in [0, 0.05) is 12.5 Å². The van der Waals surface area contributed by atoms with E-state index in [1.165, 1.54) is 12.1 Å². The summed E-state index contributed by atoms with van der Waals surface area (Å²) < 4.78 is 4.91. The van der Waals surface area contributed by atoms with Crippen LogP contribution in [0, 0.1) is 13.8 Å². The fourth-order valence-electron chi connectivity index (χ4n) is 3.55. The second-order valence-electron chi connectivity index (χ2n) is 7.82. The van der Waals surface area contributed by atoms with Crippen molar-refractivity contribution in [2.24, 2.45) is 0 Å². The number of ketones is 2. The predicted molar refractivity (Wildman–Crippen MR) is 114 cm³/mol. The van der Waals surface area contributed by atoms with Gasteiger partial charge in [0.2, 0.25) is 0 Å². The Kier molecular flexibility index (Phi) is 6.38. The lowest BCUT2D eigenvalue weighted by atomic mass is 9.83. The lowest BCUT2D eigenvalue weighted by Crippen LogP contribution is -2.50. The van der Waals surface area contributed by atoms with E-state index in [4.69, 9.17) is 4.74 Å². The highest BCUT2D eigenvalue weighted by Crippen LogP contribution is 2.51. The molecule has 2 aromatic carbocycles. The van der Waals surface area contributed by atoms with Crippen LogP contribution >= 0.6 is 11.8 Å². The van der Waals surface area contributed by atoms with Gasteiger partial charge in [0.25, 0.3) is 5.12 Å². The summed E-state index contributed by atoms with van der Waals surface area (Å²) in [5.41, 5.74) is -0.169. The van der Waals surface area contributed by atoms with Gasteiger partial charge in [-0.3, -0.25) is 14.4 Å². The Bertz CT molecular complexity index is 1000. The summed E-state index contributed by atoms with van der Waals surface area (Å²) >= 11 is 0.441. The quantitative estimate of drug-likeness (QED) is 0.352. The highest BCUT2D eigenvalue weighted by molar-refractivity contribution is 8.02. The molecule has 4 atom stereocenters. The molecule has 31 heavy (non-hydrogen) atoms. The number of esters is 1. The molecule has 0 spiro atoms. The van der Waals surface area contributed by atoms with E-state index in [1.807, 2.05) is 13.8 Å². The zero-order valence-electron chi connectivity index (χ0n) is 17.4. The number of Topliss-reactive ketones (excluding diaryl/α,β-unsaturated/α-hetero) is 2. The molecule has 1 aliphatic heterocycles. The second-order valence-corrected chi connectivity index (χ2v) is 9.16. The molecule has 3 N–H and O–H groups in total. The maximum atomic E-state index is 13.2. The summed E-state index contributed by atoms with van der Waals surface area (Å²) in [6.07, 6.45) is -2.36. The SMILES string of the molecule is CC(=O)OC1(O)C[C@](O)(C(=O)c2ccc(C)cc2)[C@H](C(=O)C(O)c2ccc(C)cc2)S1. The number of rotatable bonds is 6. The third kappa shape index (κ3) is 4.72. The first kappa shape index (κ1) is 23.1. The normalized spacial score (nSPS) is 26.3. The summed E-state index contributed by atoms with van der Waals surface area (Å²) in [5.74, 6) is -2.52. The average molecular weight is 445 g/mol. The molecule has 0 aromatic heterocycles. The molecule has 3 rings (SSSR count). The van der Waals surface area contributed by atoms with Gasteiger partial charge in [0.1, 0.15) is 11.4 Å². The zero-order valence-corrected chi connectivity index (χ0v) is 18.2. The van der Waals surface area contributed by atoms with Crippen molar-refractivity contribution in [1.82, 2.24) is 0 Å². The van der Waals surface area contributed by atoms with E-state index in [0.29, 0.717) is 11.8 Å². The van der Waals surface area contributed by atoms with E-state index in [2.05, 4.69) is 0 Å². The second kappa shape index (κ2) is 8.55. The van der Waals surface area contributed by atoms with E-state index in [1.54, 1.807) is 36.4 Å². The standard InChI is InChI=1S/C23H24O7S/c1-13-4-8-16(9-5-13)18(25)19(26)21-22(28,12-23(29,31-21)30-15(3)24)20(27)17-10-6-14(2)7-11-17/h4-11,18,21,25,28-29H,12H2,1-3H3/t18?,21-,22-,23?/m0/s1. The molecule has 0 aliphatic carbocycles. The molecule has 2 aromatic rings. The number of aliphatic hydroxyl groups is 3. The maximum absolute atomic E-state index is 13.2. The molecule has 0 saturated carbocycles. The number of carbonyl (C=O) groups is 3. The Morgan fingerprint density at radius 3 is 2.03 bits per heavy atom. The Balaban J connectivity index is 1.99. The van der Waals surface area contributed by atoms with E-state index in [9.17, 15) is 29.7 Å². The number of aliphatic hydroxyl groups excluding tert-OH is 1.